The van der Waals surface area contributed by atoms with Crippen LogP contribution >= 0.6 is 11.6 Å². The standard InChI is InChI=1S/C12H14ClF4N/c1-3-6(2)11(18)9-7(12(15,16)17)4-5-8(13)10(9)14/h4-6,11H,3,18H2,1-2H3/t6?,11-/m1/s1. The quantitative estimate of drug-likeness (QED) is 0.810. The van der Waals surface area contributed by atoms with Crippen LogP contribution in [0.4, 0.5) is 17.6 Å². The normalized spacial score (nSPS) is 15.6. The molecule has 0 saturated carbocycles. The van der Waals surface area contributed by atoms with Crippen LogP contribution in [0, 0.1) is 11.7 Å². The first-order valence-corrected chi connectivity index (χ1v) is 5.88. The molecule has 0 amide bonds. The van der Waals surface area contributed by atoms with Crippen molar-refractivity contribution in [2.45, 2.75) is 32.5 Å². The van der Waals surface area contributed by atoms with Crippen molar-refractivity contribution >= 4 is 11.6 Å². The van der Waals surface area contributed by atoms with Crippen molar-refractivity contribution in [3.63, 3.8) is 0 Å². The maximum Gasteiger partial charge on any atom is 0.416 e. The predicted molar refractivity (Wildman–Crippen MR) is 62.8 cm³/mol. The second kappa shape index (κ2) is 5.45. The van der Waals surface area contributed by atoms with E-state index in [0.717, 1.165) is 12.1 Å². The van der Waals surface area contributed by atoms with Crippen molar-refractivity contribution in [1.29, 1.82) is 0 Å². The Kier molecular flexibility index (Phi) is 4.61. The molecule has 2 N–H and O–H groups in total. The molecule has 0 bridgehead atoms. The van der Waals surface area contributed by atoms with E-state index in [-0.39, 0.29) is 10.9 Å². The van der Waals surface area contributed by atoms with Crippen LogP contribution in [-0.2, 0) is 6.18 Å². The maximum absolute atomic E-state index is 13.8. The second-order valence-corrected chi connectivity index (χ2v) is 4.64. The van der Waals surface area contributed by atoms with Gasteiger partial charge < -0.3 is 5.73 Å². The molecule has 0 aliphatic rings. The Balaban J connectivity index is 3.43. The lowest BCUT2D eigenvalue weighted by molar-refractivity contribution is -0.138. The van der Waals surface area contributed by atoms with Gasteiger partial charge in [-0.1, -0.05) is 31.9 Å². The number of hydrogen-bond donors (Lipinski definition) is 1. The lowest BCUT2D eigenvalue weighted by Gasteiger charge is -2.23. The second-order valence-electron chi connectivity index (χ2n) is 4.23. The van der Waals surface area contributed by atoms with Crippen LogP contribution in [0.3, 0.4) is 0 Å². The molecule has 18 heavy (non-hydrogen) atoms. The Morgan fingerprint density at radius 1 is 1.33 bits per heavy atom. The van der Waals surface area contributed by atoms with Gasteiger partial charge in [0.05, 0.1) is 10.6 Å². The summed E-state index contributed by atoms with van der Waals surface area (Å²) < 4.78 is 52.3. The third kappa shape index (κ3) is 2.95. The van der Waals surface area contributed by atoms with Gasteiger partial charge in [-0.15, -0.1) is 0 Å². The van der Waals surface area contributed by atoms with Crippen LogP contribution in [-0.4, -0.2) is 0 Å². The number of rotatable bonds is 3. The molecule has 1 aromatic rings. The molecule has 0 aromatic heterocycles. The minimum Gasteiger partial charge on any atom is -0.324 e. The van der Waals surface area contributed by atoms with Crippen molar-refractivity contribution in [2.24, 2.45) is 11.7 Å². The summed E-state index contributed by atoms with van der Waals surface area (Å²) in [6.07, 6.45) is -4.10. The van der Waals surface area contributed by atoms with E-state index in [1.165, 1.54) is 0 Å². The largest absolute Gasteiger partial charge is 0.416 e. The Labute approximate surface area is 108 Å². The lowest BCUT2D eigenvalue weighted by atomic mass is 9.89. The zero-order valence-corrected chi connectivity index (χ0v) is 10.7. The van der Waals surface area contributed by atoms with E-state index in [1.54, 1.807) is 13.8 Å². The van der Waals surface area contributed by atoms with Crippen LogP contribution in [0.25, 0.3) is 0 Å². The summed E-state index contributed by atoms with van der Waals surface area (Å²) in [5.41, 5.74) is 4.11. The topological polar surface area (TPSA) is 26.0 Å². The summed E-state index contributed by atoms with van der Waals surface area (Å²) in [6.45, 7) is 3.45. The first-order valence-electron chi connectivity index (χ1n) is 5.50. The van der Waals surface area contributed by atoms with Gasteiger partial charge >= 0.3 is 6.18 Å². The summed E-state index contributed by atoms with van der Waals surface area (Å²) in [6, 6.07) is 0.625. The molecule has 1 unspecified atom stereocenters. The summed E-state index contributed by atoms with van der Waals surface area (Å²) in [5.74, 6) is -1.36. The zero-order chi connectivity index (χ0) is 14.1. The van der Waals surface area contributed by atoms with Gasteiger partial charge in [-0.2, -0.15) is 13.2 Å². The van der Waals surface area contributed by atoms with Crippen molar-refractivity contribution in [3.05, 3.63) is 34.1 Å². The van der Waals surface area contributed by atoms with Crippen molar-refractivity contribution in [1.82, 2.24) is 0 Å². The highest BCUT2D eigenvalue weighted by atomic mass is 35.5. The molecule has 0 heterocycles. The Morgan fingerprint density at radius 3 is 2.33 bits per heavy atom. The van der Waals surface area contributed by atoms with E-state index in [9.17, 15) is 17.6 Å². The molecule has 102 valence electrons. The number of nitrogens with two attached hydrogens (primary N) is 1. The zero-order valence-electron chi connectivity index (χ0n) is 9.98. The Bertz CT molecular complexity index is 431. The highest BCUT2D eigenvalue weighted by Crippen LogP contribution is 2.39. The Morgan fingerprint density at radius 2 is 1.89 bits per heavy atom. The van der Waals surface area contributed by atoms with Crippen molar-refractivity contribution in [3.8, 4) is 0 Å². The molecule has 0 spiro atoms. The van der Waals surface area contributed by atoms with Crippen LogP contribution in [0.5, 0.6) is 0 Å². The number of alkyl halides is 3. The number of hydrogen-bond acceptors (Lipinski definition) is 1. The first kappa shape index (κ1) is 15.2. The minimum atomic E-state index is -4.65. The van der Waals surface area contributed by atoms with E-state index in [0.29, 0.717) is 6.42 Å². The molecular weight excluding hydrogens is 270 g/mol. The smallest absolute Gasteiger partial charge is 0.324 e. The monoisotopic (exact) mass is 283 g/mol. The lowest BCUT2D eigenvalue weighted by Crippen LogP contribution is -2.24. The number of benzene rings is 1. The third-order valence-corrected chi connectivity index (χ3v) is 3.32. The van der Waals surface area contributed by atoms with Crippen LogP contribution < -0.4 is 5.73 Å². The van der Waals surface area contributed by atoms with E-state index in [2.05, 4.69) is 0 Å². The van der Waals surface area contributed by atoms with Crippen LogP contribution in [0.1, 0.15) is 37.4 Å². The van der Waals surface area contributed by atoms with Gasteiger partial charge in [0.2, 0.25) is 0 Å². The summed E-state index contributed by atoms with van der Waals surface area (Å²) >= 11 is 5.53. The summed E-state index contributed by atoms with van der Waals surface area (Å²) in [4.78, 5) is 0. The van der Waals surface area contributed by atoms with Gasteiger partial charge in [0.1, 0.15) is 5.82 Å². The van der Waals surface area contributed by atoms with E-state index < -0.39 is 29.2 Å². The molecule has 0 aliphatic heterocycles. The van der Waals surface area contributed by atoms with Gasteiger partial charge in [0, 0.05) is 11.6 Å². The summed E-state index contributed by atoms with van der Waals surface area (Å²) in [7, 11) is 0. The highest BCUT2D eigenvalue weighted by Gasteiger charge is 2.37. The van der Waals surface area contributed by atoms with E-state index in [1.807, 2.05) is 0 Å². The van der Waals surface area contributed by atoms with Gasteiger partial charge in [-0.25, -0.2) is 4.39 Å². The highest BCUT2D eigenvalue weighted by molar-refractivity contribution is 6.30. The minimum absolute atomic E-state index is 0.279. The van der Waals surface area contributed by atoms with Crippen molar-refractivity contribution < 1.29 is 17.6 Å². The average molecular weight is 284 g/mol. The van der Waals surface area contributed by atoms with E-state index >= 15 is 0 Å². The molecule has 0 aliphatic carbocycles. The molecule has 1 rings (SSSR count). The molecular formula is C12H14ClF4N. The fraction of sp³-hybridized carbons (Fsp3) is 0.500. The third-order valence-electron chi connectivity index (χ3n) is 3.03. The molecule has 6 heteroatoms. The fourth-order valence-corrected chi connectivity index (χ4v) is 1.84. The molecule has 0 saturated heterocycles. The predicted octanol–water partition coefficient (Wildman–Crippen LogP) is 4.54. The van der Waals surface area contributed by atoms with Crippen molar-refractivity contribution in [2.75, 3.05) is 0 Å². The van der Waals surface area contributed by atoms with Gasteiger partial charge in [-0.3, -0.25) is 0 Å². The van der Waals surface area contributed by atoms with Gasteiger partial charge in [0.25, 0.3) is 0 Å². The number of halogens is 5. The van der Waals surface area contributed by atoms with Gasteiger partial charge in [0.15, 0.2) is 0 Å². The molecule has 1 aromatic carbocycles. The molecule has 2 atom stereocenters. The van der Waals surface area contributed by atoms with E-state index in [4.69, 9.17) is 17.3 Å². The Hall–Kier alpha value is -0.810. The van der Waals surface area contributed by atoms with Crippen LogP contribution in [0.2, 0.25) is 5.02 Å². The average Bonchev–Trinajstić information content (AvgIpc) is 2.29. The maximum atomic E-state index is 13.8. The van der Waals surface area contributed by atoms with Crippen LogP contribution in [0.15, 0.2) is 12.1 Å². The fourth-order valence-electron chi connectivity index (χ4n) is 1.68. The SMILES string of the molecule is CCC(C)[C@@H](N)c1c(C(F)(F)F)ccc(Cl)c1F. The summed E-state index contributed by atoms with van der Waals surface area (Å²) in [5, 5.41) is -0.350. The molecule has 0 fully saturated rings. The molecule has 1 nitrogen and oxygen atoms in total. The van der Waals surface area contributed by atoms with Gasteiger partial charge in [-0.05, 0) is 18.1 Å². The molecule has 0 radical (unpaired) electrons. The first-order chi connectivity index (χ1) is 8.20.